The van der Waals surface area contributed by atoms with Crippen LogP contribution >= 0.6 is 11.8 Å². The SMILES string of the molecule is CCCCCCCCCCCCCCCC(=O)OCCSC[C@H](NC(C)=O)C(=O)N[C@@H](COC(=O)c1cccnc1)C(C)=O. The molecule has 0 aromatic carbocycles. The molecule has 1 aromatic heterocycles. The van der Waals surface area contributed by atoms with E-state index in [1.165, 1.54) is 108 Å². The van der Waals surface area contributed by atoms with E-state index in [1.54, 1.807) is 6.07 Å². The van der Waals surface area contributed by atoms with Gasteiger partial charge in [-0.15, -0.1) is 0 Å². The molecule has 0 aliphatic rings. The number of aromatic nitrogens is 1. The average Bonchev–Trinajstić information content (AvgIpc) is 3.00. The van der Waals surface area contributed by atoms with E-state index in [0.717, 1.165) is 19.3 Å². The summed E-state index contributed by atoms with van der Waals surface area (Å²) in [6, 6.07) is 1.11. The van der Waals surface area contributed by atoms with E-state index < -0.39 is 35.7 Å². The number of carbonyl (C=O) groups excluding carboxylic acids is 5. The highest BCUT2D eigenvalue weighted by Gasteiger charge is 2.25. The summed E-state index contributed by atoms with van der Waals surface area (Å²) in [4.78, 5) is 64.7. The predicted molar refractivity (Wildman–Crippen MR) is 173 cm³/mol. The Kier molecular flexibility index (Phi) is 22.5. The summed E-state index contributed by atoms with van der Waals surface area (Å²) in [7, 11) is 0. The second kappa shape index (κ2) is 25.4. The lowest BCUT2D eigenvalue weighted by Gasteiger charge is -2.21. The second-order valence-corrected chi connectivity index (χ2v) is 12.2. The standard InChI is InChI=1S/C33H53N3O7S/c1-4-5-6-7-8-9-10-11-12-13-14-15-16-19-31(39)42-21-22-44-25-30(35-27(3)38)32(40)36-29(26(2)37)24-43-33(41)28-18-17-20-34-23-28/h17-18,20,23,29-30H,4-16,19,21-22,24-25H2,1-3H3,(H,35,38)(H,36,40)/t29-,30-/m0/s1. The number of Topliss-reactive ketones (excluding diaryl/α,β-unsaturated/α-hetero) is 1. The van der Waals surface area contributed by atoms with Gasteiger partial charge in [0.2, 0.25) is 11.8 Å². The van der Waals surface area contributed by atoms with Gasteiger partial charge >= 0.3 is 11.9 Å². The fourth-order valence-electron chi connectivity index (χ4n) is 4.46. The molecule has 0 spiro atoms. The predicted octanol–water partition coefficient (Wildman–Crippen LogP) is 5.57. The largest absolute Gasteiger partial charge is 0.465 e. The third-order valence-electron chi connectivity index (χ3n) is 7.04. The zero-order chi connectivity index (χ0) is 32.4. The molecule has 10 nitrogen and oxygen atoms in total. The third-order valence-corrected chi connectivity index (χ3v) is 8.06. The molecule has 0 unspecified atom stereocenters. The van der Waals surface area contributed by atoms with Crippen molar-refractivity contribution in [3.63, 3.8) is 0 Å². The molecule has 2 atom stereocenters. The summed E-state index contributed by atoms with van der Waals surface area (Å²) in [6.45, 7) is 4.66. The maximum atomic E-state index is 12.9. The highest BCUT2D eigenvalue weighted by Crippen LogP contribution is 2.13. The Morgan fingerprint density at radius 3 is 1.98 bits per heavy atom. The summed E-state index contributed by atoms with van der Waals surface area (Å²) < 4.78 is 10.5. The van der Waals surface area contributed by atoms with Crippen molar-refractivity contribution < 1.29 is 33.4 Å². The number of thioether (sulfide) groups is 1. The van der Waals surface area contributed by atoms with Crippen LogP contribution in [0, 0.1) is 0 Å². The second-order valence-electron chi connectivity index (χ2n) is 11.1. The molecule has 2 amide bonds. The Bertz CT molecular complexity index is 977. The van der Waals surface area contributed by atoms with Crippen molar-refractivity contribution in [3.8, 4) is 0 Å². The fourth-order valence-corrected chi connectivity index (χ4v) is 5.30. The molecule has 1 rings (SSSR count). The van der Waals surface area contributed by atoms with E-state index in [1.807, 2.05) is 0 Å². The molecule has 0 aliphatic heterocycles. The zero-order valence-corrected chi connectivity index (χ0v) is 27.7. The number of pyridine rings is 1. The van der Waals surface area contributed by atoms with Crippen molar-refractivity contribution in [1.82, 2.24) is 15.6 Å². The minimum atomic E-state index is -1.07. The molecule has 1 aromatic rings. The summed E-state index contributed by atoms with van der Waals surface area (Å²) in [5, 5.41) is 5.13. The number of hydrogen-bond donors (Lipinski definition) is 2. The zero-order valence-electron chi connectivity index (χ0n) is 26.9. The number of hydrogen-bond acceptors (Lipinski definition) is 9. The van der Waals surface area contributed by atoms with Gasteiger partial charge in [-0.1, -0.05) is 84.0 Å². The number of ketones is 1. The van der Waals surface area contributed by atoms with Crippen LogP contribution in [0.15, 0.2) is 24.5 Å². The molecular formula is C33H53N3O7S. The first-order valence-corrected chi connectivity index (χ1v) is 17.3. The summed E-state index contributed by atoms with van der Waals surface area (Å²) in [5.41, 5.74) is 0.221. The quantitative estimate of drug-likeness (QED) is 0.0987. The van der Waals surface area contributed by atoms with Crippen LogP contribution in [-0.4, -0.2) is 71.3 Å². The van der Waals surface area contributed by atoms with E-state index in [4.69, 9.17) is 9.47 Å². The lowest BCUT2D eigenvalue weighted by atomic mass is 10.0. The fraction of sp³-hybridized carbons (Fsp3) is 0.697. The number of esters is 2. The molecule has 0 radical (unpaired) electrons. The Labute approximate surface area is 267 Å². The summed E-state index contributed by atoms with van der Waals surface area (Å²) >= 11 is 1.34. The normalized spacial score (nSPS) is 12.2. The van der Waals surface area contributed by atoms with Crippen LogP contribution in [0.4, 0.5) is 0 Å². The maximum Gasteiger partial charge on any atom is 0.339 e. The maximum absolute atomic E-state index is 12.9. The van der Waals surface area contributed by atoms with Crippen molar-refractivity contribution >= 4 is 41.3 Å². The van der Waals surface area contributed by atoms with Gasteiger partial charge < -0.3 is 20.1 Å². The van der Waals surface area contributed by atoms with Crippen LogP contribution in [0.25, 0.3) is 0 Å². The van der Waals surface area contributed by atoms with Gasteiger partial charge in [-0.25, -0.2) is 4.79 Å². The van der Waals surface area contributed by atoms with Crippen molar-refractivity contribution in [2.45, 2.75) is 123 Å². The number of ether oxygens (including phenoxy) is 2. The average molecular weight is 636 g/mol. The summed E-state index contributed by atoms with van der Waals surface area (Å²) in [5.74, 6) is -1.62. The van der Waals surface area contributed by atoms with Crippen LogP contribution in [0.2, 0.25) is 0 Å². The van der Waals surface area contributed by atoms with E-state index >= 15 is 0 Å². The van der Waals surface area contributed by atoms with Crippen LogP contribution in [-0.2, 0) is 28.7 Å². The van der Waals surface area contributed by atoms with Crippen molar-refractivity contribution in [2.75, 3.05) is 24.7 Å². The van der Waals surface area contributed by atoms with Crippen molar-refractivity contribution in [2.24, 2.45) is 0 Å². The molecule has 248 valence electrons. The van der Waals surface area contributed by atoms with Gasteiger partial charge in [-0.05, 0) is 25.5 Å². The number of nitrogens with one attached hydrogen (secondary N) is 2. The number of amides is 2. The van der Waals surface area contributed by atoms with Crippen LogP contribution in [0.5, 0.6) is 0 Å². The first kappa shape index (κ1) is 39.1. The number of unbranched alkanes of at least 4 members (excludes halogenated alkanes) is 12. The van der Waals surface area contributed by atoms with Gasteiger partial charge in [0.15, 0.2) is 5.78 Å². The Hall–Kier alpha value is -2.95. The molecule has 0 saturated heterocycles. The topological polar surface area (TPSA) is 141 Å². The Morgan fingerprint density at radius 2 is 1.43 bits per heavy atom. The molecule has 44 heavy (non-hydrogen) atoms. The van der Waals surface area contributed by atoms with Crippen LogP contribution in [0.1, 0.15) is 121 Å². The van der Waals surface area contributed by atoms with E-state index in [9.17, 15) is 24.0 Å². The van der Waals surface area contributed by atoms with Crippen molar-refractivity contribution in [3.05, 3.63) is 30.1 Å². The first-order chi connectivity index (χ1) is 21.2. The molecule has 0 fully saturated rings. The molecule has 11 heteroatoms. The summed E-state index contributed by atoms with van der Waals surface area (Å²) in [6.07, 6.45) is 19.5. The molecule has 0 saturated carbocycles. The van der Waals surface area contributed by atoms with Gasteiger partial charge in [0.1, 0.15) is 25.3 Å². The molecular weight excluding hydrogens is 582 g/mol. The highest BCUT2D eigenvalue weighted by molar-refractivity contribution is 7.99. The monoisotopic (exact) mass is 635 g/mol. The van der Waals surface area contributed by atoms with E-state index in [-0.39, 0.29) is 30.5 Å². The molecule has 0 aliphatic carbocycles. The lowest BCUT2D eigenvalue weighted by Crippen LogP contribution is -2.53. The van der Waals surface area contributed by atoms with E-state index in [0.29, 0.717) is 12.2 Å². The number of carbonyl (C=O) groups is 5. The van der Waals surface area contributed by atoms with Crippen LogP contribution < -0.4 is 10.6 Å². The number of rotatable bonds is 26. The first-order valence-electron chi connectivity index (χ1n) is 16.1. The highest BCUT2D eigenvalue weighted by atomic mass is 32.2. The van der Waals surface area contributed by atoms with Gasteiger partial charge in [0.05, 0.1) is 5.56 Å². The lowest BCUT2D eigenvalue weighted by molar-refractivity contribution is -0.143. The molecule has 0 bridgehead atoms. The minimum absolute atomic E-state index is 0.205. The van der Waals surface area contributed by atoms with Gasteiger partial charge in [-0.3, -0.25) is 24.2 Å². The molecule has 1 heterocycles. The van der Waals surface area contributed by atoms with Gasteiger partial charge in [0.25, 0.3) is 0 Å². The van der Waals surface area contributed by atoms with E-state index in [2.05, 4.69) is 22.5 Å². The number of nitrogens with zero attached hydrogens (tertiary/aromatic N) is 1. The minimum Gasteiger partial charge on any atom is -0.465 e. The molecule has 2 N–H and O–H groups in total. The van der Waals surface area contributed by atoms with Crippen molar-refractivity contribution in [1.29, 1.82) is 0 Å². The van der Waals surface area contributed by atoms with Gasteiger partial charge in [0, 0.05) is 37.2 Å². The van der Waals surface area contributed by atoms with Gasteiger partial charge in [-0.2, -0.15) is 11.8 Å². The smallest absolute Gasteiger partial charge is 0.339 e. The van der Waals surface area contributed by atoms with Crippen LogP contribution in [0.3, 0.4) is 0 Å². The Balaban J connectivity index is 2.22. The third kappa shape index (κ3) is 20.1. The Morgan fingerprint density at radius 1 is 0.818 bits per heavy atom.